The summed E-state index contributed by atoms with van der Waals surface area (Å²) in [5.41, 5.74) is 2.96. The van der Waals surface area contributed by atoms with Crippen LogP contribution < -0.4 is 19.5 Å². The predicted molar refractivity (Wildman–Crippen MR) is 124 cm³/mol. The number of nitrogens with one attached hydrogen (secondary N) is 1. The fourth-order valence-corrected chi connectivity index (χ4v) is 3.23. The zero-order valence-electron chi connectivity index (χ0n) is 18.4. The zero-order valence-corrected chi connectivity index (χ0v) is 18.4. The molecule has 0 saturated carbocycles. The maximum Gasteiger partial charge on any atom is 0.262 e. The average molecular weight is 423 g/mol. The highest BCUT2D eigenvalue weighted by atomic mass is 16.5. The van der Waals surface area contributed by atoms with Gasteiger partial charge in [0.05, 0.1) is 19.4 Å². The standard InChI is InChI=1S/C25H30N2O4/c1-4-30-24-17-20(10-9-19-13-15-27(2)16-14-19)11-12-23(24)31-18-25(28)26-21-7-5-6-8-22(21)29-3/h5-13,17H,4,14-16,18H2,1-3H3,(H,26,28)/b10-9+. The Bertz CT molecular complexity index is 952. The van der Waals surface area contributed by atoms with Gasteiger partial charge in [-0.2, -0.15) is 0 Å². The van der Waals surface area contributed by atoms with Crippen LogP contribution in [0, 0.1) is 0 Å². The van der Waals surface area contributed by atoms with Crippen molar-refractivity contribution in [2.24, 2.45) is 0 Å². The van der Waals surface area contributed by atoms with Gasteiger partial charge in [0.15, 0.2) is 18.1 Å². The minimum atomic E-state index is -0.273. The van der Waals surface area contributed by atoms with Crippen LogP contribution in [-0.2, 0) is 4.79 Å². The Morgan fingerprint density at radius 3 is 2.68 bits per heavy atom. The third-order valence-electron chi connectivity index (χ3n) is 4.94. The molecule has 0 atom stereocenters. The number of amides is 1. The minimum absolute atomic E-state index is 0.131. The maximum atomic E-state index is 12.3. The van der Waals surface area contributed by atoms with E-state index >= 15 is 0 Å². The molecule has 0 aliphatic carbocycles. The highest BCUT2D eigenvalue weighted by Gasteiger charge is 2.11. The van der Waals surface area contributed by atoms with Gasteiger partial charge < -0.3 is 24.4 Å². The lowest BCUT2D eigenvalue weighted by atomic mass is 10.1. The summed E-state index contributed by atoms with van der Waals surface area (Å²) in [6.07, 6.45) is 7.53. The molecule has 6 heteroatoms. The average Bonchev–Trinajstić information content (AvgIpc) is 2.78. The number of ether oxygens (including phenoxy) is 3. The van der Waals surface area contributed by atoms with Crippen LogP contribution in [0.15, 0.2) is 60.2 Å². The highest BCUT2D eigenvalue weighted by molar-refractivity contribution is 5.93. The number of methoxy groups -OCH3 is 1. The molecule has 1 aliphatic rings. The normalized spacial score (nSPS) is 14.2. The fraction of sp³-hybridized carbons (Fsp3) is 0.320. The molecule has 0 aromatic heterocycles. The highest BCUT2D eigenvalue weighted by Crippen LogP contribution is 2.30. The predicted octanol–water partition coefficient (Wildman–Crippen LogP) is 4.39. The van der Waals surface area contributed by atoms with Crippen LogP contribution in [0.3, 0.4) is 0 Å². The molecule has 1 heterocycles. The van der Waals surface area contributed by atoms with E-state index in [0.717, 1.165) is 25.1 Å². The van der Waals surface area contributed by atoms with Gasteiger partial charge in [-0.05, 0) is 55.8 Å². The summed E-state index contributed by atoms with van der Waals surface area (Å²) in [6.45, 7) is 4.35. The minimum Gasteiger partial charge on any atom is -0.495 e. The second-order valence-electron chi connectivity index (χ2n) is 7.30. The van der Waals surface area contributed by atoms with Crippen molar-refractivity contribution in [3.63, 3.8) is 0 Å². The molecule has 164 valence electrons. The second-order valence-corrected chi connectivity index (χ2v) is 7.30. The van der Waals surface area contributed by atoms with E-state index in [1.165, 1.54) is 5.57 Å². The topological polar surface area (TPSA) is 60.0 Å². The van der Waals surface area contributed by atoms with Crippen molar-refractivity contribution in [3.05, 3.63) is 65.8 Å². The Balaban J connectivity index is 1.63. The molecule has 0 unspecified atom stereocenters. The van der Waals surface area contributed by atoms with Crippen molar-refractivity contribution in [2.75, 3.05) is 45.8 Å². The lowest BCUT2D eigenvalue weighted by Gasteiger charge is -2.20. The summed E-state index contributed by atoms with van der Waals surface area (Å²) in [4.78, 5) is 14.6. The van der Waals surface area contributed by atoms with Crippen molar-refractivity contribution in [1.82, 2.24) is 4.90 Å². The maximum absolute atomic E-state index is 12.3. The van der Waals surface area contributed by atoms with Gasteiger partial charge in [0, 0.05) is 13.1 Å². The van der Waals surface area contributed by atoms with E-state index in [2.05, 4.69) is 35.5 Å². The summed E-state index contributed by atoms with van der Waals surface area (Å²) in [5.74, 6) is 1.48. The molecule has 0 fully saturated rings. The quantitative estimate of drug-likeness (QED) is 0.650. The van der Waals surface area contributed by atoms with E-state index in [0.29, 0.717) is 29.5 Å². The Morgan fingerprint density at radius 2 is 1.94 bits per heavy atom. The van der Waals surface area contributed by atoms with Crippen molar-refractivity contribution >= 4 is 17.7 Å². The molecule has 1 aliphatic heterocycles. The molecular formula is C25H30N2O4. The number of para-hydroxylation sites is 2. The first-order chi connectivity index (χ1) is 15.1. The first kappa shape index (κ1) is 22.4. The van der Waals surface area contributed by atoms with Gasteiger partial charge in [-0.15, -0.1) is 0 Å². The van der Waals surface area contributed by atoms with E-state index in [4.69, 9.17) is 14.2 Å². The largest absolute Gasteiger partial charge is 0.495 e. The molecule has 2 aromatic carbocycles. The zero-order chi connectivity index (χ0) is 22.1. The number of hydrogen-bond acceptors (Lipinski definition) is 5. The molecule has 0 bridgehead atoms. The van der Waals surface area contributed by atoms with Crippen LogP contribution in [-0.4, -0.2) is 51.3 Å². The van der Waals surface area contributed by atoms with Crippen LogP contribution in [0.25, 0.3) is 6.08 Å². The number of likely N-dealkylation sites (N-methyl/N-ethyl adjacent to an activating group) is 1. The molecule has 1 N–H and O–H groups in total. The number of nitrogens with zero attached hydrogens (tertiary/aromatic N) is 1. The Labute approximate surface area is 184 Å². The Kier molecular flexibility index (Phi) is 8.12. The van der Waals surface area contributed by atoms with Crippen LogP contribution >= 0.6 is 0 Å². The van der Waals surface area contributed by atoms with Crippen LogP contribution in [0.5, 0.6) is 17.2 Å². The SMILES string of the molecule is CCOc1cc(/C=C/C2=CCN(C)CC2)ccc1OCC(=O)Nc1ccccc1OC. The van der Waals surface area contributed by atoms with Crippen LogP contribution in [0.1, 0.15) is 18.9 Å². The molecule has 0 spiro atoms. The van der Waals surface area contributed by atoms with E-state index in [1.807, 2.05) is 37.3 Å². The van der Waals surface area contributed by atoms with Crippen molar-refractivity contribution in [3.8, 4) is 17.2 Å². The van der Waals surface area contributed by atoms with Gasteiger partial charge in [0.2, 0.25) is 0 Å². The van der Waals surface area contributed by atoms with Gasteiger partial charge >= 0.3 is 0 Å². The number of allylic oxidation sites excluding steroid dienone is 1. The lowest BCUT2D eigenvalue weighted by molar-refractivity contribution is -0.118. The second kappa shape index (κ2) is 11.2. The van der Waals surface area contributed by atoms with Gasteiger partial charge in [0.25, 0.3) is 5.91 Å². The van der Waals surface area contributed by atoms with E-state index in [9.17, 15) is 4.79 Å². The number of carbonyl (C=O) groups is 1. The number of rotatable bonds is 9. The smallest absolute Gasteiger partial charge is 0.262 e. The molecule has 2 aromatic rings. The molecule has 31 heavy (non-hydrogen) atoms. The molecule has 3 rings (SSSR count). The summed E-state index contributed by atoms with van der Waals surface area (Å²) >= 11 is 0. The summed E-state index contributed by atoms with van der Waals surface area (Å²) in [6, 6.07) is 13.0. The monoisotopic (exact) mass is 422 g/mol. The summed E-state index contributed by atoms with van der Waals surface area (Å²) < 4.78 is 16.7. The number of carbonyl (C=O) groups excluding carboxylic acids is 1. The van der Waals surface area contributed by atoms with Gasteiger partial charge in [-0.25, -0.2) is 0 Å². The molecule has 6 nitrogen and oxygen atoms in total. The Hall–Kier alpha value is -3.25. The first-order valence-corrected chi connectivity index (χ1v) is 10.5. The fourth-order valence-electron chi connectivity index (χ4n) is 3.23. The van der Waals surface area contributed by atoms with Crippen LogP contribution in [0.4, 0.5) is 5.69 Å². The van der Waals surface area contributed by atoms with Crippen molar-refractivity contribution in [1.29, 1.82) is 0 Å². The Morgan fingerprint density at radius 1 is 1.10 bits per heavy atom. The third kappa shape index (κ3) is 6.62. The lowest BCUT2D eigenvalue weighted by Crippen LogP contribution is -2.23. The number of anilines is 1. The molecule has 0 saturated heterocycles. The first-order valence-electron chi connectivity index (χ1n) is 10.5. The number of benzene rings is 2. The molecule has 1 amide bonds. The van der Waals surface area contributed by atoms with Crippen molar-refractivity contribution < 1.29 is 19.0 Å². The molecular weight excluding hydrogens is 392 g/mol. The summed E-state index contributed by atoms with van der Waals surface area (Å²) in [5, 5.41) is 2.80. The van der Waals surface area contributed by atoms with Gasteiger partial charge in [-0.1, -0.05) is 36.4 Å². The van der Waals surface area contributed by atoms with E-state index in [-0.39, 0.29) is 12.5 Å². The number of hydrogen-bond donors (Lipinski definition) is 1. The van der Waals surface area contributed by atoms with Gasteiger partial charge in [-0.3, -0.25) is 4.79 Å². The van der Waals surface area contributed by atoms with E-state index < -0.39 is 0 Å². The van der Waals surface area contributed by atoms with Crippen LogP contribution in [0.2, 0.25) is 0 Å². The third-order valence-corrected chi connectivity index (χ3v) is 4.94. The van der Waals surface area contributed by atoms with E-state index in [1.54, 1.807) is 19.2 Å². The summed E-state index contributed by atoms with van der Waals surface area (Å²) in [7, 11) is 3.69. The van der Waals surface area contributed by atoms with Crippen molar-refractivity contribution in [2.45, 2.75) is 13.3 Å². The van der Waals surface area contributed by atoms with Gasteiger partial charge in [0.1, 0.15) is 5.75 Å². The molecule has 0 radical (unpaired) electrons.